The molecule has 0 saturated carbocycles. The summed E-state index contributed by atoms with van der Waals surface area (Å²) in [5.41, 5.74) is 5.88. The molecule has 1 aliphatic rings. The van der Waals surface area contributed by atoms with Gasteiger partial charge in [-0.05, 0) is 71.9 Å². The molecule has 0 spiro atoms. The molecule has 0 radical (unpaired) electrons. The second kappa shape index (κ2) is 7.63. The first-order chi connectivity index (χ1) is 13.2. The zero-order valence-corrected chi connectivity index (χ0v) is 17.3. The van der Waals surface area contributed by atoms with Crippen LogP contribution in [0.5, 0.6) is 5.75 Å². The number of Topliss-reactive ketones (excluding diaryl/α,β-unsaturated/α-hetero) is 1. The Morgan fingerprint density at radius 2 is 1.64 bits per heavy atom. The number of ketones is 1. The number of hydrogen-bond acceptors (Lipinski definition) is 3. The second-order valence-corrected chi connectivity index (χ2v) is 7.87. The van der Waals surface area contributed by atoms with E-state index in [2.05, 4.69) is 45.1 Å². The van der Waals surface area contributed by atoms with E-state index in [9.17, 15) is 9.59 Å². The highest BCUT2D eigenvalue weighted by Crippen LogP contribution is 2.38. The van der Waals surface area contributed by atoms with Gasteiger partial charge in [-0.25, -0.2) is 0 Å². The first-order valence-electron chi connectivity index (χ1n) is 9.63. The molecule has 0 atom stereocenters. The molecule has 0 bridgehead atoms. The lowest BCUT2D eigenvalue weighted by atomic mass is 9.90. The van der Waals surface area contributed by atoms with E-state index in [0.717, 1.165) is 33.7 Å². The summed E-state index contributed by atoms with van der Waals surface area (Å²) < 4.78 is 5.71. The van der Waals surface area contributed by atoms with E-state index in [1.165, 1.54) is 6.92 Å². The molecule has 146 valence electrons. The van der Waals surface area contributed by atoms with Crippen molar-refractivity contribution in [1.82, 2.24) is 0 Å². The van der Waals surface area contributed by atoms with Crippen molar-refractivity contribution < 1.29 is 14.3 Å². The molecule has 28 heavy (non-hydrogen) atoms. The summed E-state index contributed by atoms with van der Waals surface area (Å²) in [6, 6.07) is 9.49. The molecule has 0 aliphatic carbocycles. The van der Waals surface area contributed by atoms with Crippen LogP contribution in [0, 0.1) is 0 Å². The summed E-state index contributed by atoms with van der Waals surface area (Å²) in [7, 11) is 1.70. The lowest BCUT2D eigenvalue weighted by molar-refractivity contribution is -0.110. The minimum atomic E-state index is -0.149. The van der Waals surface area contributed by atoms with Gasteiger partial charge in [-0.3, -0.25) is 9.59 Å². The van der Waals surface area contributed by atoms with E-state index in [1.807, 2.05) is 6.08 Å². The molecule has 0 unspecified atom stereocenters. The van der Waals surface area contributed by atoms with E-state index in [-0.39, 0.29) is 11.7 Å². The summed E-state index contributed by atoms with van der Waals surface area (Å²) in [5, 5.41) is 2.89. The van der Waals surface area contributed by atoms with Gasteiger partial charge in [-0.15, -0.1) is 0 Å². The number of fused-ring (bicyclic) bond motifs is 1. The first-order valence-corrected chi connectivity index (χ1v) is 9.63. The minimum absolute atomic E-state index is 0.0184. The number of amides is 1. The predicted octanol–water partition coefficient (Wildman–Crippen LogP) is 5.64. The number of methoxy groups -OCH3 is 1. The maximum Gasteiger partial charge on any atom is 0.256 e. The Morgan fingerprint density at radius 1 is 1.04 bits per heavy atom. The third kappa shape index (κ3) is 3.59. The summed E-state index contributed by atoms with van der Waals surface area (Å²) >= 11 is 0. The number of nitrogens with one attached hydrogen (secondary N) is 1. The molecule has 1 amide bonds. The smallest absolute Gasteiger partial charge is 0.256 e. The van der Waals surface area contributed by atoms with Crippen molar-refractivity contribution >= 4 is 29.0 Å². The van der Waals surface area contributed by atoms with Crippen molar-refractivity contribution in [3.8, 4) is 5.75 Å². The Morgan fingerprint density at radius 3 is 2.14 bits per heavy atom. The molecule has 3 rings (SSSR count). The van der Waals surface area contributed by atoms with Crippen LogP contribution >= 0.6 is 0 Å². The Kier molecular flexibility index (Phi) is 5.41. The quantitative estimate of drug-likeness (QED) is 0.542. The number of ether oxygens (including phenoxy) is 1. The van der Waals surface area contributed by atoms with Gasteiger partial charge in [0.25, 0.3) is 5.91 Å². The van der Waals surface area contributed by atoms with Crippen molar-refractivity contribution in [2.45, 2.75) is 46.5 Å². The van der Waals surface area contributed by atoms with E-state index in [1.54, 1.807) is 25.3 Å². The number of anilines is 1. The molecule has 0 fully saturated rings. The average Bonchev–Trinajstić information content (AvgIpc) is 2.95. The molecule has 4 nitrogen and oxygen atoms in total. The highest BCUT2D eigenvalue weighted by atomic mass is 16.5. The van der Waals surface area contributed by atoms with Crippen molar-refractivity contribution in [2.24, 2.45) is 0 Å². The third-order valence-electron chi connectivity index (χ3n) is 5.14. The molecule has 1 heterocycles. The Hall–Kier alpha value is -2.88. The summed E-state index contributed by atoms with van der Waals surface area (Å²) in [6.45, 7) is 10.1. The Labute approximate surface area is 166 Å². The van der Waals surface area contributed by atoms with Crippen LogP contribution in [-0.4, -0.2) is 18.8 Å². The molecule has 1 N–H and O–H groups in total. The highest BCUT2D eigenvalue weighted by Gasteiger charge is 2.25. The van der Waals surface area contributed by atoms with Gasteiger partial charge in [0.2, 0.25) is 0 Å². The van der Waals surface area contributed by atoms with Crippen LogP contribution in [-0.2, 0) is 4.79 Å². The zero-order valence-electron chi connectivity index (χ0n) is 17.3. The second-order valence-electron chi connectivity index (χ2n) is 7.87. The maximum absolute atomic E-state index is 12.6. The molecule has 4 heteroatoms. The lowest BCUT2D eigenvalue weighted by Gasteiger charge is -2.19. The normalized spacial score (nSPS) is 14.6. The van der Waals surface area contributed by atoms with Gasteiger partial charge in [0.15, 0.2) is 5.78 Å². The van der Waals surface area contributed by atoms with Gasteiger partial charge < -0.3 is 10.1 Å². The topological polar surface area (TPSA) is 55.4 Å². The van der Waals surface area contributed by atoms with E-state index >= 15 is 0 Å². The minimum Gasteiger partial charge on any atom is -0.496 e. The Balaban J connectivity index is 2.18. The van der Waals surface area contributed by atoms with Crippen LogP contribution in [0.4, 0.5) is 5.69 Å². The third-order valence-corrected chi connectivity index (χ3v) is 5.14. The summed E-state index contributed by atoms with van der Waals surface area (Å²) in [4.78, 5) is 24.4. The highest BCUT2D eigenvalue weighted by molar-refractivity contribution is 6.35. The van der Waals surface area contributed by atoms with Crippen LogP contribution in [0.15, 0.2) is 30.3 Å². The fraction of sp³-hybridized carbons (Fsp3) is 0.333. The fourth-order valence-electron chi connectivity index (χ4n) is 3.59. The number of rotatable bonds is 5. The molecular weight excluding hydrogens is 350 g/mol. The van der Waals surface area contributed by atoms with Gasteiger partial charge in [0.05, 0.1) is 7.11 Å². The van der Waals surface area contributed by atoms with Crippen LogP contribution < -0.4 is 10.1 Å². The Bertz CT molecular complexity index is 954. The van der Waals surface area contributed by atoms with Gasteiger partial charge in [-0.1, -0.05) is 27.7 Å². The summed E-state index contributed by atoms with van der Waals surface area (Å²) in [6.07, 6.45) is 1.91. The lowest BCUT2D eigenvalue weighted by Crippen LogP contribution is -2.04. The van der Waals surface area contributed by atoms with Crippen molar-refractivity contribution in [2.75, 3.05) is 12.4 Å². The van der Waals surface area contributed by atoms with Crippen molar-refractivity contribution in [3.63, 3.8) is 0 Å². The van der Waals surface area contributed by atoms with E-state index in [4.69, 9.17) is 4.74 Å². The number of carbonyl (C=O) groups is 2. The van der Waals surface area contributed by atoms with Crippen LogP contribution in [0.1, 0.15) is 79.1 Å². The van der Waals surface area contributed by atoms with Gasteiger partial charge in [-0.2, -0.15) is 0 Å². The zero-order chi connectivity index (χ0) is 20.6. The standard InChI is InChI=1S/C24H27NO3/c1-13(2)18-9-16(10-19(14(3)4)23(18)28-6)11-21-20-12-17(15(5)26)7-8-22(20)25-24(21)27/h7-14H,1-6H3,(H,25,27). The molecule has 1 aliphatic heterocycles. The van der Waals surface area contributed by atoms with Gasteiger partial charge in [0, 0.05) is 22.4 Å². The molecule has 0 aromatic heterocycles. The molecular formula is C24H27NO3. The number of benzene rings is 2. The van der Waals surface area contributed by atoms with Crippen molar-refractivity contribution in [1.29, 1.82) is 0 Å². The first kappa shape index (κ1) is 19.9. The SMILES string of the molecule is COc1c(C(C)C)cc(C=C2C(=O)Nc3ccc(C(C)=O)cc32)cc1C(C)C. The van der Waals surface area contributed by atoms with Crippen molar-refractivity contribution in [3.05, 3.63) is 58.1 Å². The van der Waals surface area contributed by atoms with Crippen LogP contribution in [0.25, 0.3) is 11.6 Å². The van der Waals surface area contributed by atoms with Gasteiger partial charge in [0.1, 0.15) is 5.75 Å². The molecule has 2 aromatic carbocycles. The predicted molar refractivity (Wildman–Crippen MR) is 114 cm³/mol. The molecule has 2 aromatic rings. The number of carbonyl (C=O) groups excluding carboxylic acids is 2. The largest absolute Gasteiger partial charge is 0.496 e. The monoisotopic (exact) mass is 377 g/mol. The number of hydrogen-bond donors (Lipinski definition) is 1. The average molecular weight is 377 g/mol. The van der Waals surface area contributed by atoms with Crippen LogP contribution in [0.3, 0.4) is 0 Å². The maximum atomic E-state index is 12.6. The van der Waals surface area contributed by atoms with Gasteiger partial charge >= 0.3 is 0 Å². The summed E-state index contributed by atoms with van der Waals surface area (Å²) in [5.74, 6) is 1.33. The van der Waals surface area contributed by atoms with Crippen LogP contribution in [0.2, 0.25) is 0 Å². The molecule has 0 saturated heterocycles. The van der Waals surface area contributed by atoms with E-state index in [0.29, 0.717) is 23.0 Å². The van der Waals surface area contributed by atoms with E-state index < -0.39 is 0 Å². The fourth-order valence-corrected chi connectivity index (χ4v) is 3.59.